The minimum absolute atomic E-state index is 0.0617. The van der Waals surface area contributed by atoms with Crippen molar-refractivity contribution in [2.45, 2.75) is 58.7 Å². The van der Waals surface area contributed by atoms with Crippen molar-refractivity contribution in [2.24, 2.45) is 0 Å². The Bertz CT molecular complexity index is 2610. The van der Waals surface area contributed by atoms with E-state index >= 15 is 0 Å². The van der Waals surface area contributed by atoms with Gasteiger partial charge in [0.1, 0.15) is 24.4 Å². The average molecular weight is 1320 g/mol. The number of fused-ring (bicyclic) bond motifs is 3. The fourth-order valence-corrected chi connectivity index (χ4v) is 8.60. The summed E-state index contributed by atoms with van der Waals surface area (Å²) in [6.07, 6.45) is -1.80. The van der Waals surface area contributed by atoms with Crippen LogP contribution in [0.1, 0.15) is 58.6 Å². The second kappa shape index (κ2) is 42.5. The number of ether oxygens (including phenoxy) is 9. The predicted molar refractivity (Wildman–Crippen MR) is 342 cm³/mol. The molecule has 0 fully saturated rings. The lowest BCUT2D eigenvalue weighted by Gasteiger charge is -2.26. The van der Waals surface area contributed by atoms with Crippen LogP contribution in [0.4, 0.5) is 14.4 Å². The highest BCUT2D eigenvalue weighted by Crippen LogP contribution is 2.44. The number of hydrogen-bond acceptors (Lipinski definition) is 20. The fraction of sp³-hybridized carbons (Fsp3) is 0.651. The summed E-state index contributed by atoms with van der Waals surface area (Å²) in [7, 11) is 8.25. The molecule has 0 atom stereocenters. The molecule has 30 heteroatoms. The molecule has 93 heavy (non-hydrogen) atoms. The van der Waals surface area contributed by atoms with Crippen molar-refractivity contribution in [1.82, 2.24) is 55.6 Å². The van der Waals surface area contributed by atoms with Crippen LogP contribution in [-0.2, 0) is 76.2 Å². The molecule has 0 heterocycles. The second-order valence-electron chi connectivity index (χ2n) is 23.9. The van der Waals surface area contributed by atoms with E-state index in [2.05, 4.69) is 26.2 Å². The lowest BCUT2D eigenvalue weighted by Crippen LogP contribution is -2.49. The Balaban J connectivity index is 1.14. The van der Waals surface area contributed by atoms with Gasteiger partial charge in [-0.25, -0.2) is 14.4 Å². The van der Waals surface area contributed by atoms with Crippen molar-refractivity contribution in [2.75, 3.05) is 213 Å². The average Bonchev–Trinajstić information content (AvgIpc) is 1.62. The SMILES string of the molecule is CN(CC(=O)NCCOCCOCCOCCOCCOCCOCCN(CCNC(=O)OC(C)(C)C)CCNC(=O)OC(C)(C)C)C(=O)CN(C)C(=O)CN(C)C(=O)CN(C)C(=O)CN(C)C(=O)CN(C)C(=O)CNC(=O)OCC1c2ccccc2-c2ccccc21. The molecule has 10 amide bonds. The number of carbonyl (C=O) groups is 10. The highest BCUT2D eigenvalue weighted by Gasteiger charge is 2.30. The van der Waals surface area contributed by atoms with Crippen molar-refractivity contribution in [3.8, 4) is 11.1 Å². The molecule has 0 radical (unpaired) electrons. The van der Waals surface area contributed by atoms with Gasteiger partial charge < -0.3 is 93.3 Å². The van der Waals surface area contributed by atoms with E-state index in [9.17, 15) is 47.9 Å². The monoisotopic (exact) mass is 1320 g/mol. The van der Waals surface area contributed by atoms with Gasteiger partial charge in [-0.05, 0) is 63.8 Å². The van der Waals surface area contributed by atoms with Gasteiger partial charge in [-0.2, -0.15) is 0 Å². The molecule has 2 aromatic rings. The molecule has 0 bridgehead atoms. The summed E-state index contributed by atoms with van der Waals surface area (Å²) in [4.78, 5) is 136. The molecule has 0 unspecified atom stereocenters. The zero-order chi connectivity index (χ0) is 68.9. The van der Waals surface area contributed by atoms with Crippen molar-refractivity contribution in [3.05, 3.63) is 59.7 Å². The van der Waals surface area contributed by atoms with Gasteiger partial charge in [0.2, 0.25) is 41.4 Å². The van der Waals surface area contributed by atoms with Gasteiger partial charge in [0.15, 0.2) is 0 Å². The first-order valence-electron chi connectivity index (χ1n) is 31.0. The van der Waals surface area contributed by atoms with Crippen molar-refractivity contribution < 1.29 is 90.6 Å². The van der Waals surface area contributed by atoms with Crippen LogP contribution in [0.2, 0.25) is 0 Å². The van der Waals surface area contributed by atoms with E-state index < -0.39 is 104 Å². The predicted octanol–water partition coefficient (Wildman–Crippen LogP) is 0.843. The molecule has 0 saturated heterocycles. The van der Waals surface area contributed by atoms with Gasteiger partial charge in [-0.15, -0.1) is 0 Å². The molecule has 0 aromatic heterocycles. The van der Waals surface area contributed by atoms with Gasteiger partial charge in [0.25, 0.3) is 0 Å². The summed E-state index contributed by atoms with van der Waals surface area (Å²) in [5.41, 5.74) is 3.02. The number of likely N-dealkylation sites (N-methyl/N-ethyl adjacent to an activating group) is 6. The maximum Gasteiger partial charge on any atom is 0.407 e. The molecule has 0 saturated carbocycles. The maximum absolute atomic E-state index is 13.0. The van der Waals surface area contributed by atoms with Gasteiger partial charge in [0, 0.05) is 87.5 Å². The molecular weight excluding hydrogens is 1210 g/mol. The van der Waals surface area contributed by atoms with E-state index in [0.29, 0.717) is 98.8 Å². The normalized spacial score (nSPS) is 11.8. The van der Waals surface area contributed by atoms with Crippen molar-refractivity contribution in [1.29, 1.82) is 0 Å². The van der Waals surface area contributed by atoms with Gasteiger partial charge in [-0.1, -0.05) is 48.5 Å². The molecule has 0 aliphatic heterocycles. The molecule has 4 N–H and O–H groups in total. The first kappa shape index (κ1) is 79.5. The summed E-state index contributed by atoms with van der Waals surface area (Å²) in [6.45, 7) is 14.8. The third kappa shape index (κ3) is 33.6. The van der Waals surface area contributed by atoms with E-state index in [1.165, 1.54) is 42.3 Å². The highest BCUT2D eigenvalue weighted by atomic mass is 16.6. The Morgan fingerprint density at radius 1 is 0.376 bits per heavy atom. The van der Waals surface area contributed by atoms with Crippen LogP contribution in [0.5, 0.6) is 0 Å². The highest BCUT2D eigenvalue weighted by molar-refractivity contribution is 5.93. The molecule has 3 rings (SSSR count). The second-order valence-corrected chi connectivity index (χ2v) is 23.9. The molecule has 1 aliphatic rings. The van der Waals surface area contributed by atoms with Crippen LogP contribution in [-0.4, -0.2) is 318 Å². The maximum atomic E-state index is 13.0. The standard InChI is InChI=1S/C63H101N11O19/c1-62(2,3)92-60(83)65-21-24-74(25-22-66-61(84)93-63(4,5)6)26-28-86-30-32-88-34-36-90-38-37-89-35-33-87-31-29-85-27-23-64-52(75)40-68(7)54(77)42-70(9)56(79)44-72(11)58(81)45-73(12)57(80)43-71(10)55(78)41-69(8)53(76)39-67-59(82)91-46-51-49-19-15-13-17-47(49)48-18-14-16-20-50(48)51/h13-20,51H,21-46H2,1-12H3,(H,64,75)(H,65,83)(H,66,84)(H,67,82). The van der Waals surface area contributed by atoms with E-state index in [1.807, 2.05) is 48.5 Å². The molecule has 522 valence electrons. The van der Waals surface area contributed by atoms with Gasteiger partial charge in [-0.3, -0.25) is 38.5 Å². The lowest BCUT2D eigenvalue weighted by molar-refractivity contribution is -0.145. The zero-order valence-electron chi connectivity index (χ0n) is 56.5. The van der Waals surface area contributed by atoms with Crippen molar-refractivity contribution >= 4 is 59.6 Å². The smallest absolute Gasteiger partial charge is 0.407 e. The van der Waals surface area contributed by atoms with E-state index in [0.717, 1.165) is 51.7 Å². The molecule has 30 nitrogen and oxygen atoms in total. The first-order valence-corrected chi connectivity index (χ1v) is 31.0. The topological polar surface area (TPSA) is 325 Å². The Hall–Kier alpha value is -7.74. The first-order chi connectivity index (χ1) is 44.0. The van der Waals surface area contributed by atoms with Crippen LogP contribution in [0.3, 0.4) is 0 Å². The minimum atomic E-state index is -0.793. The van der Waals surface area contributed by atoms with E-state index in [1.54, 1.807) is 41.5 Å². The summed E-state index contributed by atoms with van der Waals surface area (Å²) in [5.74, 6) is -4.05. The number of carbonyl (C=O) groups excluding carboxylic acids is 10. The van der Waals surface area contributed by atoms with Crippen LogP contribution >= 0.6 is 0 Å². The third-order valence-corrected chi connectivity index (χ3v) is 13.7. The molecule has 2 aromatic carbocycles. The van der Waals surface area contributed by atoms with Crippen LogP contribution in [0.15, 0.2) is 48.5 Å². The number of nitrogens with zero attached hydrogens (tertiary/aromatic N) is 7. The Morgan fingerprint density at radius 2 is 0.710 bits per heavy atom. The van der Waals surface area contributed by atoms with E-state index in [4.69, 9.17) is 42.6 Å². The minimum Gasteiger partial charge on any atom is -0.449 e. The van der Waals surface area contributed by atoms with Gasteiger partial charge in [0.05, 0.1) is 119 Å². The summed E-state index contributed by atoms with van der Waals surface area (Å²) in [5, 5.41) is 10.6. The number of hydrogen-bond donors (Lipinski definition) is 4. The quantitative estimate of drug-likeness (QED) is 0.0528. The Kier molecular flexibility index (Phi) is 36.3. The number of benzene rings is 2. The fourth-order valence-electron chi connectivity index (χ4n) is 8.60. The Morgan fingerprint density at radius 3 is 1.09 bits per heavy atom. The summed E-state index contributed by atoms with van der Waals surface area (Å²) >= 11 is 0. The largest absolute Gasteiger partial charge is 0.449 e. The molecule has 0 spiro atoms. The molecular formula is C63H101N11O19. The van der Waals surface area contributed by atoms with Gasteiger partial charge >= 0.3 is 18.3 Å². The number of nitrogens with one attached hydrogen (secondary N) is 4. The third-order valence-electron chi connectivity index (χ3n) is 13.7. The van der Waals surface area contributed by atoms with Crippen molar-refractivity contribution in [3.63, 3.8) is 0 Å². The summed E-state index contributed by atoms with van der Waals surface area (Å²) in [6, 6.07) is 15.8. The number of amides is 10. The van der Waals surface area contributed by atoms with Crippen LogP contribution < -0.4 is 21.3 Å². The lowest BCUT2D eigenvalue weighted by atomic mass is 9.98. The van der Waals surface area contributed by atoms with Crippen LogP contribution in [0.25, 0.3) is 11.1 Å². The van der Waals surface area contributed by atoms with E-state index in [-0.39, 0.29) is 45.4 Å². The molecule has 1 aliphatic carbocycles. The zero-order valence-corrected chi connectivity index (χ0v) is 56.5. The number of rotatable bonds is 43. The summed E-state index contributed by atoms with van der Waals surface area (Å²) < 4.78 is 49.5. The Labute approximate surface area is 546 Å². The van der Waals surface area contributed by atoms with Crippen LogP contribution in [0, 0.1) is 0 Å². The number of alkyl carbamates (subject to hydrolysis) is 3.